The molecule has 2 N–H and O–H groups in total. The first-order chi connectivity index (χ1) is 14.4. The Balaban J connectivity index is 2.08. The number of aliphatic hydroxyl groups excluding tert-OH is 1. The van der Waals surface area contributed by atoms with Crippen molar-refractivity contribution in [3.05, 3.63) is 58.1 Å². The van der Waals surface area contributed by atoms with Crippen molar-refractivity contribution in [1.29, 1.82) is 0 Å². The normalized spacial score (nSPS) is 19.4. The maximum Gasteiger partial charge on any atom is 0.193 e. The summed E-state index contributed by atoms with van der Waals surface area (Å²) in [6, 6.07) is 8.59. The molecular weight excluding hydrogens is 406 g/mol. The van der Waals surface area contributed by atoms with Gasteiger partial charge < -0.3 is 24.6 Å². The molecule has 0 bridgehead atoms. The fourth-order valence-corrected chi connectivity index (χ4v) is 4.23. The highest BCUT2D eigenvalue weighted by molar-refractivity contribution is 6.32. The summed E-state index contributed by atoms with van der Waals surface area (Å²) >= 11 is 6.16. The van der Waals surface area contributed by atoms with Gasteiger partial charge in [0, 0.05) is 28.6 Å². The van der Waals surface area contributed by atoms with Crippen LogP contribution in [0.3, 0.4) is 0 Å². The summed E-state index contributed by atoms with van der Waals surface area (Å²) in [4.78, 5) is 15.1. The first kappa shape index (κ1) is 22.2. The molecule has 2 atom stereocenters. The predicted octanol–water partition coefficient (Wildman–Crippen LogP) is 3.74. The smallest absolute Gasteiger partial charge is 0.193 e. The summed E-state index contributed by atoms with van der Waals surface area (Å²) in [5.74, 6) is -0.137. The molecule has 0 saturated carbocycles. The molecule has 1 aliphatic heterocycles. The van der Waals surface area contributed by atoms with Gasteiger partial charge in [-0.3, -0.25) is 4.79 Å². The Morgan fingerprint density at radius 3 is 2.60 bits per heavy atom. The number of benzene rings is 2. The molecule has 0 amide bonds. The summed E-state index contributed by atoms with van der Waals surface area (Å²) < 4.78 is 10.9. The van der Waals surface area contributed by atoms with E-state index >= 15 is 0 Å². The van der Waals surface area contributed by atoms with Crippen molar-refractivity contribution in [2.24, 2.45) is 0 Å². The van der Waals surface area contributed by atoms with Crippen molar-refractivity contribution in [2.45, 2.75) is 18.4 Å². The number of likely N-dealkylation sites (tertiary alicyclic amines) is 1. The molecule has 2 aromatic rings. The second kappa shape index (κ2) is 9.51. The van der Waals surface area contributed by atoms with Gasteiger partial charge in [0.1, 0.15) is 22.8 Å². The molecule has 0 aliphatic carbocycles. The zero-order valence-electron chi connectivity index (χ0n) is 17.3. The standard InChI is InChI=1S/C23H26ClNO5/c1-25-11-10-15(17(25)13-26)21-19(29-2)12-20(30-3)22(23(21)28)18(27)9-8-14-6-4-5-7-16(14)24/h4-9,12,15,17,26,28H,10-11,13H2,1-3H3/b9-8+. The molecule has 3 rings (SSSR count). The minimum Gasteiger partial charge on any atom is -0.507 e. The lowest BCUT2D eigenvalue weighted by molar-refractivity contribution is 0.104. The fourth-order valence-electron chi connectivity index (χ4n) is 4.03. The van der Waals surface area contributed by atoms with Crippen LogP contribution in [0.15, 0.2) is 36.4 Å². The molecule has 1 saturated heterocycles. The van der Waals surface area contributed by atoms with E-state index < -0.39 is 5.78 Å². The van der Waals surface area contributed by atoms with E-state index in [0.29, 0.717) is 21.9 Å². The number of methoxy groups -OCH3 is 2. The van der Waals surface area contributed by atoms with Crippen molar-refractivity contribution in [2.75, 3.05) is 34.4 Å². The van der Waals surface area contributed by atoms with Crippen LogP contribution in [0.1, 0.15) is 33.8 Å². The lowest BCUT2D eigenvalue weighted by atomic mass is 9.87. The van der Waals surface area contributed by atoms with E-state index in [-0.39, 0.29) is 35.6 Å². The van der Waals surface area contributed by atoms with Gasteiger partial charge in [-0.25, -0.2) is 0 Å². The van der Waals surface area contributed by atoms with E-state index in [1.165, 1.54) is 20.3 Å². The number of halogens is 1. The second-order valence-corrected chi connectivity index (χ2v) is 7.67. The molecule has 1 aliphatic rings. The Morgan fingerprint density at radius 1 is 1.27 bits per heavy atom. The molecule has 2 unspecified atom stereocenters. The van der Waals surface area contributed by atoms with E-state index in [1.807, 2.05) is 24.1 Å². The number of likely N-dealkylation sites (N-methyl/N-ethyl adjacent to an activating group) is 1. The number of rotatable bonds is 7. The lowest BCUT2D eigenvalue weighted by Gasteiger charge is -2.26. The summed E-state index contributed by atoms with van der Waals surface area (Å²) in [5.41, 5.74) is 1.26. The average molecular weight is 432 g/mol. The Hall–Kier alpha value is -2.54. The van der Waals surface area contributed by atoms with Crippen molar-refractivity contribution < 1.29 is 24.5 Å². The van der Waals surface area contributed by atoms with Crippen molar-refractivity contribution in [3.63, 3.8) is 0 Å². The SMILES string of the molecule is COc1cc(OC)c(C2CCN(C)C2CO)c(O)c1C(=O)/C=C/c1ccccc1Cl. The lowest BCUT2D eigenvalue weighted by Crippen LogP contribution is -2.32. The van der Waals surface area contributed by atoms with E-state index in [2.05, 4.69) is 0 Å². The van der Waals surface area contributed by atoms with Gasteiger partial charge in [0.05, 0.1) is 20.8 Å². The van der Waals surface area contributed by atoms with Crippen LogP contribution < -0.4 is 9.47 Å². The van der Waals surface area contributed by atoms with E-state index in [0.717, 1.165) is 13.0 Å². The quantitative estimate of drug-likeness (QED) is 0.513. The van der Waals surface area contributed by atoms with Gasteiger partial charge in [-0.1, -0.05) is 29.8 Å². The van der Waals surface area contributed by atoms with E-state index in [1.54, 1.807) is 24.3 Å². The number of carbonyl (C=O) groups is 1. The first-order valence-electron chi connectivity index (χ1n) is 9.68. The number of ether oxygens (including phenoxy) is 2. The van der Waals surface area contributed by atoms with Crippen LogP contribution in [-0.2, 0) is 0 Å². The molecule has 2 aromatic carbocycles. The van der Waals surface area contributed by atoms with Gasteiger partial charge in [0.15, 0.2) is 5.78 Å². The Bertz CT molecular complexity index is 959. The third kappa shape index (κ3) is 4.17. The zero-order chi connectivity index (χ0) is 21.8. The van der Waals surface area contributed by atoms with Crippen LogP contribution in [0.5, 0.6) is 17.2 Å². The summed E-state index contributed by atoms with van der Waals surface area (Å²) in [6.45, 7) is 0.700. The van der Waals surface area contributed by atoms with Crippen LogP contribution in [0, 0.1) is 0 Å². The van der Waals surface area contributed by atoms with Gasteiger partial charge in [-0.15, -0.1) is 0 Å². The number of aromatic hydroxyl groups is 1. The molecule has 160 valence electrons. The number of nitrogens with zero attached hydrogens (tertiary/aromatic N) is 1. The van der Waals surface area contributed by atoms with Crippen LogP contribution in [0.2, 0.25) is 5.02 Å². The monoisotopic (exact) mass is 431 g/mol. The number of phenolic OH excluding ortho intramolecular Hbond substituents is 1. The summed E-state index contributed by atoms with van der Waals surface area (Å²) in [7, 11) is 4.86. The van der Waals surface area contributed by atoms with Gasteiger partial charge in [-0.05, 0) is 43.8 Å². The van der Waals surface area contributed by atoms with Crippen LogP contribution in [0.4, 0.5) is 0 Å². The number of phenols is 1. The highest BCUT2D eigenvalue weighted by atomic mass is 35.5. The minimum absolute atomic E-state index is 0.0582. The largest absolute Gasteiger partial charge is 0.507 e. The van der Waals surface area contributed by atoms with Crippen molar-refractivity contribution >= 4 is 23.5 Å². The number of carbonyl (C=O) groups excluding carboxylic acids is 1. The molecule has 6 nitrogen and oxygen atoms in total. The van der Waals surface area contributed by atoms with Crippen molar-refractivity contribution in [3.8, 4) is 17.2 Å². The maximum atomic E-state index is 13.0. The average Bonchev–Trinajstić information content (AvgIpc) is 3.11. The molecule has 0 aromatic heterocycles. The van der Waals surface area contributed by atoms with Crippen LogP contribution >= 0.6 is 11.6 Å². The Labute approximate surface area is 181 Å². The number of ketones is 1. The third-order valence-electron chi connectivity index (χ3n) is 5.65. The number of hydrogen-bond acceptors (Lipinski definition) is 6. The third-order valence-corrected chi connectivity index (χ3v) is 6.00. The second-order valence-electron chi connectivity index (χ2n) is 7.26. The summed E-state index contributed by atoms with van der Waals surface area (Å²) in [6.07, 6.45) is 3.69. The summed E-state index contributed by atoms with van der Waals surface area (Å²) in [5, 5.41) is 21.5. The first-order valence-corrected chi connectivity index (χ1v) is 10.1. The molecule has 0 spiro atoms. The Kier molecular flexibility index (Phi) is 7.02. The highest BCUT2D eigenvalue weighted by Gasteiger charge is 2.37. The molecule has 1 heterocycles. The van der Waals surface area contributed by atoms with E-state index in [4.69, 9.17) is 21.1 Å². The molecule has 7 heteroatoms. The topological polar surface area (TPSA) is 79.2 Å². The Morgan fingerprint density at radius 2 is 1.97 bits per heavy atom. The molecule has 0 radical (unpaired) electrons. The predicted molar refractivity (Wildman–Crippen MR) is 117 cm³/mol. The zero-order valence-corrected chi connectivity index (χ0v) is 18.0. The molecule has 1 fully saturated rings. The van der Waals surface area contributed by atoms with Gasteiger partial charge in [-0.2, -0.15) is 0 Å². The van der Waals surface area contributed by atoms with Gasteiger partial charge in [0.2, 0.25) is 0 Å². The molecule has 30 heavy (non-hydrogen) atoms. The van der Waals surface area contributed by atoms with E-state index in [9.17, 15) is 15.0 Å². The number of hydrogen-bond donors (Lipinski definition) is 2. The van der Waals surface area contributed by atoms with Gasteiger partial charge in [0.25, 0.3) is 0 Å². The maximum absolute atomic E-state index is 13.0. The van der Waals surface area contributed by atoms with Gasteiger partial charge >= 0.3 is 0 Å². The van der Waals surface area contributed by atoms with Crippen molar-refractivity contribution in [1.82, 2.24) is 4.90 Å². The number of aliphatic hydroxyl groups is 1. The highest BCUT2D eigenvalue weighted by Crippen LogP contribution is 2.47. The number of allylic oxidation sites excluding steroid dienone is 1. The minimum atomic E-state index is -0.417. The van der Waals surface area contributed by atoms with Crippen LogP contribution in [0.25, 0.3) is 6.08 Å². The fraction of sp³-hybridized carbons (Fsp3) is 0.348. The molecular formula is C23H26ClNO5. The van der Waals surface area contributed by atoms with Crippen LogP contribution in [-0.4, -0.2) is 61.4 Å².